The zero-order valence-corrected chi connectivity index (χ0v) is 18.5. The van der Waals surface area contributed by atoms with Crippen LogP contribution in [0.1, 0.15) is 24.4 Å². The first-order valence-electron chi connectivity index (χ1n) is 9.64. The van der Waals surface area contributed by atoms with Crippen LogP contribution in [0.4, 0.5) is 5.69 Å². The first-order valence-corrected chi connectivity index (χ1v) is 11.5. The molecule has 1 aliphatic carbocycles. The summed E-state index contributed by atoms with van der Waals surface area (Å²) in [4.78, 5) is 17.6. The second-order valence-corrected chi connectivity index (χ2v) is 9.37. The second-order valence-electron chi connectivity index (χ2n) is 7.48. The number of carbonyl (C=O) groups is 1. The summed E-state index contributed by atoms with van der Waals surface area (Å²) < 4.78 is 2.21. The molecule has 1 saturated carbocycles. The van der Waals surface area contributed by atoms with Crippen molar-refractivity contribution >= 4 is 34.7 Å². The summed E-state index contributed by atoms with van der Waals surface area (Å²) in [6.07, 6.45) is 2.31. The van der Waals surface area contributed by atoms with Crippen LogP contribution in [0, 0.1) is 0 Å². The van der Waals surface area contributed by atoms with Gasteiger partial charge in [0, 0.05) is 39.4 Å². The van der Waals surface area contributed by atoms with Gasteiger partial charge in [0.05, 0.1) is 10.6 Å². The molecule has 8 heteroatoms. The van der Waals surface area contributed by atoms with Crippen LogP contribution in [0.5, 0.6) is 0 Å². The molecule has 2 aromatic heterocycles. The Morgan fingerprint density at radius 3 is 2.55 bits per heavy atom. The van der Waals surface area contributed by atoms with Crippen LogP contribution in [0.2, 0.25) is 0 Å². The van der Waals surface area contributed by atoms with Gasteiger partial charge in [0.15, 0.2) is 11.0 Å². The number of amides is 1. The third-order valence-corrected chi connectivity index (χ3v) is 6.73. The van der Waals surface area contributed by atoms with Gasteiger partial charge in [0.1, 0.15) is 0 Å². The van der Waals surface area contributed by atoms with Crippen molar-refractivity contribution in [2.24, 2.45) is 0 Å². The molecular formula is C21H25N5OS2. The number of anilines is 1. The van der Waals surface area contributed by atoms with Gasteiger partial charge in [-0.05, 0) is 42.0 Å². The molecular weight excluding hydrogens is 402 g/mol. The molecule has 152 valence electrons. The second kappa shape index (κ2) is 8.59. The minimum absolute atomic E-state index is 0.0923. The molecule has 0 unspecified atom stereocenters. The lowest BCUT2D eigenvalue weighted by atomic mass is 10.2. The van der Waals surface area contributed by atoms with Crippen molar-refractivity contribution in [3.05, 3.63) is 47.3 Å². The molecule has 0 bridgehead atoms. The zero-order valence-electron chi connectivity index (χ0n) is 16.9. The summed E-state index contributed by atoms with van der Waals surface area (Å²) in [6, 6.07) is 12.9. The molecule has 0 spiro atoms. The summed E-state index contributed by atoms with van der Waals surface area (Å²) in [5.74, 6) is 1.38. The third kappa shape index (κ3) is 4.64. The van der Waals surface area contributed by atoms with E-state index in [1.165, 1.54) is 11.8 Å². The molecule has 3 aromatic rings. The van der Waals surface area contributed by atoms with Crippen molar-refractivity contribution in [2.75, 3.05) is 31.8 Å². The number of hydrogen-bond donors (Lipinski definition) is 0. The van der Waals surface area contributed by atoms with Crippen LogP contribution in [-0.2, 0) is 11.3 Å². The average molecular weight is 428 g/mol. The third-order valence-electron chi connectivity index (χ3n) is 4.94. The molecule has 1 fully saturated rings. The van der Waals surface area contributed by atoms with Gasteiger partial charge in [0.2, 0.25) is 5.91 Å². The van der Waals surface area contributed by atoms with Gasteiger partial charge < -0.3 is 9.80 Å². The fourth-order valence-electron chi connectivity index (χ4n) is 3.11. The van der Waals surface area contributed by atoms with Gasteiger partial charge in [-0.1, -0.05) is 30.0 Å². The van der Waals surface area contributed by atoms with Gasteiger partial charge >= 0.3 is 0 Å². The van der Waals surface area contributed by atoms with Crippen LogP contribution in [0.25, 0.3) is 10.7 Å². The van der Waals surface area contributed by atoms with Crippen LogP contribution in [0.15, 0.2) is 46.9 Å². The van der Waals surface area contributed by atoms with E-state index in [0.717, 1.165) is 40.0 Å². The van der Waals surface area contributed by atoms with Gasteiger partial charge in [-0.25, -0.2) is 0 Å². The molecule has 0 aliphatic heterocycles. The molecule has 1 amide bonds. The van der Waals surface area contributed by atoms with E-state index in [1.807, 2.05) is 27.2 Å². The SMILES string of the molecule is CN(Cc1ccc(N(C)C)cc1)C(=O)CSc1nnc(-c2cccs2)n1C1CC1. The fourth-order valence-corrected chi connectivity index (χ4v) is 4.76. The van der Waals surface area contributed by atoms with E-state index in [1.54, 1.807) is 16.2 Å². The molecule has 0 N–H and O–H groups in total. The first-order chi connectivity index (χ1) is 14.0. The van der Waals surface area contributed by atoms with Crippen LogP contribution in [-0.4, -0.2) is 52.5 Å². The normalized spacial score (nSPS) is 13.5. The van der Waals surface area contributed by atoms with E-state index in [-0.39, 0.29) is 5.91 Å². The van der Waals surface area contributed by atoms with E-state index < -0.39 is 0 Å². The molecule has 2 heterocycles. The van der Waals surface area contributed by atoms with Crippen molar-refractivity contribution in [2.45, 2.75) is 30.6 Å². The minimum atomic E-state index is 0.0923. The summed E-state index contributed by atoms with van der Waals surface area (Å²) in [6.45, 7) is 0.600. The zero-order chi connectivity index (χ0) is 20.4. The molecule has 1 aliphatic rings. The smallest absolute Gasteiger partial charge is 0.233 e. The van der Waals surface area contributed by atoms with Crippen molar-refractivity contribution in [3.63, 3.8) is 0 Å². The number of benzene rings is 1. The van der Waals surface area contributed by atoms with E-state index in [0.29, 0.717) is 18.3 Å². The molecule has 0 radical (unpaired) electrons. The van der Waals surface area contributed by atoms with Crippen LogP contribution >= 0.6 is 23.1 Å². The van der Waals surface area contributed by atoms with Crippen LogP contribution < -0.4 is 4.90 Å². The Morgan fingerprint density at radius 2 is 1.93 bits per heavy atom. The average Bonchev–Trinajstić information content (AvgIpc) is 3.24. The lowest BCUT2D eigenvalue weighted by molar-refractivity contribution is -0.127. The maximum Gasteiger partial charge on any atom is 0.233 e. The molecule has 0 saturated heterocycles. The Bertz CT molecular complexity index is 962. The summed E-state index contributed by atoms with van der Waals surface area (Å²) in [7, 11) is 5.89. The van der Waals surface area contributed by atoms with Crippen molar-refractivity contribution in [1.29, 1.82) is 0 Å². The molecule has 4 rings (SSSR count). The maximum atomic E-state index is 12.7. The highest BCUT2D eigenvalue weighted by molar-refractivity contribution is 7.99. The Hall–Kier alpha value is -2.32. The fraction of sp³-hybridized carbons (Fsp3) is 0.381. The van der Waals surface area contributed by atoms with E-state index >= 15 is 0 Å². The Labute approximate surface area is 179 Å². The number of hydrogen-bond acceptors (Lipinski definition) is 6. The number of rotatable bonds is 8. The monoisotopic (exact) mass is 427 g/mol. The first kappa shape index (κ1) is 20.0. The quantitative estimate of drug-likeness (QED) is 0.505. The van der Waals surface area contributed by atoms with E-state index in [2.05, 4.69) is 55.4 Å². The van der Waals surface area contributed by atoms with Gasteiger partial charge in [-0.15, -0.1) is 21.5 Å². The predicted octanol–water partition coefficient (Wildman–Crippen LogP) is 4.16. The number of nitrogens with zero attached hydrogens (tertiary/aromatic N) is 5. The summed E-state index contributed by atoms with van der Waals surface area (Å²) >= 11 is 3.15. The van der Waals surface area contributed by atoms with E-state index in [4.69, 9.17) is 0 Å². The van der Waals surface area contributed by atoms with Crippen molar-refractivity contribution in [1.82, 2.24) is 19.7 Å². The lowest BCUT2D eigenvalue weighted by Gasteiger charge is -2.18. The molecule has 6 nitrogen and oxygen atoms in total. The number of thioether (sulfide) groups is 1. The maximum absolute atomic E-state index is 12.7. The van der Waals surface area contributed by atoms with Crippen molar-refractivity contribution in [3.8, 4) is 10.7 Å². The summed E-state index contributed by atoms with van der Waals surface area (Å²) in [5, 5.41) is 11.7. The highest BCUT2D eigenvalue weighted by Crippen LogP contribution is 2.41. The van der Waals surface area contributed by atoms with E-state index in [9.17, 15) is 4.79 Å². The van der Waals surface area contributed by atoms with Gasteiger partial charge in [0.25, 0.3) is 0 Å². The highest BCUT2D eigenvalue weighted by atomic mass is 32.2. The lowest BCUT2D eigenvalue weighted by Crippen LogP contribution is -2.28. The van der Waals surface area contributed by atoms with Gasteiger partial charge in [-0.3, -0.25) is 9.36 Å². The predicted molar refractivity (Wildman–Crippen MR) is 120 cm³/mol. The van der Waals surface area contributed by atoms with Crippen LogP contribution in [0.3, 0.4) is 0 Å². The standard InChI is InChI=1S/C21H25N5OS2/c1-24(2)16-8-6-15(7-9-16)13-25(3)19(27)14-29-21-23-22-20(18-5-4-12-28-18)26(21)17-10-11-17/h4-9,12,17H,10-11,13-14H2,1-3H3. The summed E-state index contributed by atoms with van der Waals surface area (Å²) in [5.41, 5.74) is 2.27. The topological polar surface area (TPSA) is 54.3 Å². The number of aromatic nitrogens is 3. The molecule has 0 atom stereocenters. The minimum Gasteiger partial charge on any atom is -0.378 e. The largest absolute Gasteiger partial charge is 0.378 e. The Morgan fingerprint density at radius 1 is 1.17 bits per heavy atom. The van der Waals surface area contributed by atoms with Crippen molar-refractivity contribution < 1.29 is 4.79 Å². The molecule has 29 heavy (non-hydrogen) atoms. The molecule has 1 aromatic carbocycles. The Balaban J connectivity index is 1.38. The Kier molecular flexibility index (Phi) is 5.91. The highest BCUT2D eigenvalue weighted by Gasteiger charge is 2.30. The number of carbonyl (C=O) groups excluding carboxylic acids is 1. The van der Waals surface area contributed by atoms with Gasteiger partial charge in [-0.2, -0.15) is 0 Å². The number of thiophene rings is 1.